The van der Waals surface area contributed by atoms with Crippen LogP contribution in [0.1, 0.15) is 46.0 Å². The normalized spacial score (nSPS) is 10.9. The molecule has 0 radical (unpaired) electrons. The largest absolute Gasteiger partial charge is 0.492 e. The van der Waals surface area contributed by atoms with E-state index in [2.05, 4.69) is 0 Å². The lowest BCUT2D eigenvalue weighted by molar-refractivity contribution is 0.286. The molecule has 0 aliphatic carbocycles. The first kappa shape index (κ1) is 21.4. The first-order valence-corrected chi connectivity index (χ1v) is 9.61. The quantitative estimate of drug-likeness (QED) is 0.393. The van der Waals surface area contributed by atoms with Crippen molar-refractivity contribution >= 4 is 11.6 Å². The molecule has 0 aliphatic heterocycles. The molecule has 0 saturated heterocycles. The third-order valence-corrected chi connectivity index (χ3v) is 4.50. The third-order valence-electron chi connectivity index (χ3n) is 4.14. The van der Waals surface area contributed by atoms with E-state index in [4.69, 9.17) is 21.1 Å². The molecule has 0 saturated carbocycles. The van der Waals surface area contributed by atoms with Crippen molar-refractivity contribution in [1.29, 1.82) is 0 Å². The summed E-state index contributed by atoms with van der Waals surface area (Å²) in [5.41, 5.74) is -0.343. The highest BCUT2D eigenvalue weighted by Crippen LogP contribution is 2.37. The van der Waals surface area contributed by atoms with E-state index in [1.54, 1.807) is 0 Å². The summed E-state index contributed by atoms with van der Waals surface area (Å²) >= 11 is 6.01. The molecule has 0 aliphatic rings. The highest BCUT2D eigenvalue weighted by molar-refractivity contribution is 6.32. The number of benzene rings is 2. The topological polar surface area (TPSA) is 18.5 Å². The first-order chi connectivity index (χ1) is 13.0. The summed E-state index contributed by atoms with van der Waals surface area (Å²) in [6.07, 6.45) is 4.42. The van der Waals surface area contributed by atoms with Gasteiger partial charge in [-0.05, 0) is 37.1 Å². The van der Waals surface area contributed by atoms with E-state index in [9.17, 15) is 13.2 Å². The average molecular weight is 401 g/mol. The number of halogens is 4. The zero-order chi connectivity index (χ0) is 19.8. The van der Waals surface area contributed by atoms with Crippen molar-refractivity contribution < 1.29 is 22.6 Å². The van der Waals surface area contributed by atoms with Crippen molar-refractivity contribution in [3.63, 3.8) is 0 Å². The fourth-order valence-corrected chi connectivity index (χ4v) is 2.78. The second-order valence-corrected chi connectivity index (χ2v) is 6.61. The predicted octanol–water partition coefficient (Wildman–Crippen LogP) is 7.17. The Kier molecular flexibility index (Phi) is 8.29. The van der Waals surface area contributed by atoms with Crippen molar-refractivity contribution in [2.75, 3.05) is 13.2 Å². The molecule has 2 aromatic carbocycles. The lowest BCUT2D eigenvalue weighted by atomic mass is 10.0. The summed E-state index contributed by atoms with van der Waals surface area (Å²) in [6.45, 7) is 4.74. The Balaban J connectivity index is 2.25. The van der Waals surface area contributed by atoms with Gasteiger partial charge < -0.3 is 9.47 Å². The van der Waals surface area contributed by atoms with Gasteiger partial charge in [-0.2, -0.15) is 4.39 Å². The fourth-order valence-electron chi connectivity index (χ4n) is 2.56. The van der Waals surface area contributed by atoms with Gasteiger partial charge in [0.2, 0.25) is 5.82 Å². The van der Waals surface area contributed by atoms with Gasteiger partial charge in [0.05, 0.1) is 13.2 Å². The van der Waals surface area contributed by atoms with Crippen molar-refractivity contribution in [2.45, 2.75) is 46.0 Å². The Morgan fingerprint density at radius 2 is 1.26 bits per heavy atom. The Labute approximate surface area is 163 Å². The Morgan fingerprint density at radius 3 is 1.93 bits per heavy atom. The van der Waals surface area contributed by atoms with Crippen LogP contribution in [0.5, 0.6) is 11.5 Å². The molecule has 0 fully saturated rings. The summed E-state index contributed by atoms with van der Waals surface area (Å²) in [6, 6.07) is 5.39. The lowest BCUT2D eigenvalue weighted by Crippen LogP contribution is -2.02. The Hall–Kier alpha value is -1.88. The van der Waals surface area contributed by atoms with Gasteiger partial charge in [0.25, 0.3) is 0 Å². The maximum Gasteiger partial charge on any atom is 0.201 e. The summed E-state index contributed by atoms with van der Waals surface area (Å²) in [4.78, 5) is 0. The van der Waals surface area contributed by atoms with Gasteiger partial charge in [-0.1, -0.05) is 44.7 Å². The SMILES string of the molecule is CCCCCOc1ccc(-c2ccc(OCCCC)c(Cl)c2F)c(F)c1F. The van der Waals surface area contributed by atoms with Gasteiger partial charge in [0.15, 0.2) is 17.4 Å². The molecule has 148 valence electrons. The Morgan fingerprint density at radius 1 is 0.704 bits per heavy atom. The zero-order valence-electron chi connectivity index (χ0n) is 15.6. The van der Waals surface area contributed by atoms with Gasteiger partial charge in [-0.15, -0.1) is 0 Å². The summed E-state index contributed by atoms with van der Waals surface area (Å²) in [5.74, 6) is -3.15. The number of ether oxygens (including phenoxy) is 2. The average Bonchev–Trinajstić information content (AvgIpc) is 2.66. The van der Waals surface area contributed by atoms with Crippen molar-refractivity contribution in [3.8, 4) is 22.6 Å². The molecule has 0 aromatic heterocycles. The molecule has 0 N–H and O–H groups in total. The molecule has 0 atom stereocenters. The molecule has 2 rings (SSSR count). The third kappa shape index (κ3) is 5.32. The minimum atomic E-state index is -1.17. The van der Waals surface area contributed by atoms with Crippen LogP contribution in [0, 0.1) is 17.5 Å². The van der Waals surface area contributed by atoms with E-state index in [0.717, 1.165) is 32.1 Å². The number of hydrogen-bond acceptors (Lipinski definition) is 2. The lowest BCUT2D eigenvalue weighted by Gasteiger charge is -2.13. The molecular formula is C21H24ClF3O2. The zero-order valence-corrected chi connectivity index (χ0v) is 16.3. The Bertz CT molecular complexity index is 766. The van der Waals surface area contributed by atoms with Crippen LogP contribution < -0.4 is 9.47 Å². The maximum absolute atomic E-state index is 14.6. The van der Waals surface area contributed by atoms with E-state index in [-0.39, 0.29) is 27.6 Å². The summed E-state index contributed by atoms with van der Waals surface area (Å²) in [7, 11) is 0. The molecule has 0 unspecified atom stereocenters. The molecular weight excluding hydrogens is 377 g/mol. The van der Waals surface area contributed by atoms with E-state index >= 15 is 0 Å². The number of unbranched alkanes of at least 4 members (excludes halogenated alkanes) is 3. The van der Waals surface area contributed by atoms with E-state index in [1.807, 2.05) is 13.8 Å². The predicted molar refractivity (Wildman–Crippen MR) is 102 cm³/mol. The van der Waals surface area contributed by atoms with Gasteiger partial charge in [-0.25, -0.2) is 8.78 Å². The molecule has 27 heavy (non-hydrogen) atoms. The van der Waals surface area contributed by atoms with Crippen molar-refractivity contribution in [1.82, 2.24) is 0 Å². The molecule has 0 bridgehead atoms. The van der Waals surface area contributed by atoms with Gasteiger partial charge in [-0.3, -0.25) is 0 Å². The monoisotopic (exact) mass is 400 g/mol. The van der Waals surface area contributed by atoms with Crippen LogP contribution in [0.4, 0.5) is 13.2 Å². The number of rotatable bonds is 10. The minimum absolute atomic E-state index is 0.128. The highest BCUT2D eigenvalue weighted by atomic mass is 35.5. The van der Waals surface area contributed by atoms with Crippen LogP contribution in [-0.4, -0.2) is 13.2 Å². The summed E-state index contributed by atoms with van der Waals surface area (Å²) < 4.78 is 54.1. The molecule has 6 heteroatoms. The smallest absolute Gasteiger partial charge is 0.201 e. The standard InChI is InChI=1S/C21H24ClF3O2/c1-3-5-7-13-27-17-11-9-15(20(24)21(17)25)14-8-10-16(18(22)19(14)23)26-12-6-4-2/h8-11H,3-7,12-13H2,1-2H3. The van der Waals surface area contributed by atoms with Crippen molar-refractivity contribution in [3.05, 3.63) is 46.7 Å². The van der Waals surface area contributed by atoms with Gasteiger partial charge in [0, 0.05) is 11.1 Å². The van der Waals surface area contributed by atoms with Gasteiger partial charge >= 0.3 is 0 Å². The summed E-state index contributed by atoms with van der Waals surface area (Å²) in [5, 5.41) is -0.247. The molecule has 0 heterocycles. The molecule has 0 spiro atoms. The van der Waals surface area contributed by atoms with Crippen LogP contribution >= 0.6 is 11.6 Å². The first-order valence-electron chi connectivity index (χ1n) is 9.23. The molecule has 2 nitrogen and oxygen atoms in total. The maximum atomic E-state index is 14.6. The number of hydrogen-bond donors (Lipinski definition) is 0. The molecule has 0 amide bonds. The van der Waals surface area contributed by atoms with E-state index in [1.165, 1.54) is 24.3 Å². The fraction of sp³-hybridized carbons (Fsp3) is 0.429. The highest BCUT2D eigenvalue weighted by Gasteiger charge is 2.21. The van der Waals surface area contributed by atoms with E-state index in [0.29, 0.717) is 13.2 Å². The molecule has 2 aromatic rings. The van der Waals surface area contributed by atoms with Crippen LogP contribution in [-0.2, 0) is 0 Å². The second kappa shape index (κ2) is 10.5. The van der Waals surface area contributed by atoms with Gasteiger partial charge in [0.1, 0.15) is 10.8 Å². The van der Waals surface area contributed by atoms with Crippen molar-refractivity contribution in [2.24, 2.45) is 0 Å². The van der Waals surface area contributed by atoms with Crippen LogP contribution in [0.2, 0.25) is 5.02 Å². The second-order valence-electron chi connectivity index (χ2n) is 6.24. The van der Waals surface area contributed by atoms with Crippen LogP contribution in [0.15, 0.2) is 24.3 Å². The van der Waals surface area contributed by atoms with Crippen LogP contribution in [0.3, 0.4) is 0 Å². The minimum Gasteiger partial charge on any atom is -0.492 e. The van der Waals surface area contributed by atoms with E-state index < -0.39 is 17.5 Å². The van der Waals surface area contributed by atoms with Crippen LogP contribution in [0.25, 0.3) is 11.1 Å².